The maximum atomic E-state index is 5.48. The van der Waals surface area contributed by atoms with Gasteiger partial charge in [-0.15, -0.1) is 0 Å². The molecule has 0 aromatic rings. The molecule has 0 bridgehead atoms. The van der Waals surface area contributed by atoms with Crippen LogP contribution in [0, 0.1) is 0 Å². The van der Waals surface area contributed by atoms with Gasteiger partial charge in [-0.25, -0.2) is 0 Å². The largest absolute Gasteiger partial charge is 0.380 e. The lowest BCUT2D eigenvalue weighted by Crippen LogP contribution is -2.46. The highest BCUT2D eigenvalue weighted by molar-refractivity contribution is 4.83. The van der Waals surface area contributed by atoms with E-state index in [0.29, 0.717) is 12.1 Å². The summed E-state index contributed by atoms with van der Waals surface area (Å²) in [5.74, 6) is 0. The predicted molar refractivity (Wildman–Crippen MR) is 60.6 cm³/mol. The summed E-state index contributed by atoms with van der Waals surface area (Å²) in [6.45, 7) is 7.96. The van der Waals surface area contributed by atoms with Crippen LogP contribution in [0.25, 0.3) is 0 Å². The lowest BCUT2D eigenvalue weighted by atomic mass is 10.1. The maximum Gasteiger partial charge on any atom is 0.0698 e. The number of likely N-dealkylation sites (N-methyl/N-ethyl adjacent to an activating group) is 1. The van der Waals surface area contributed by atoms with Crippen LogP contribution in [0.3, 0.4) is 0 Å². The second kappa shape index (κ2) is 5.72. The Morgan fingerprint density at radius 1 is 1.36 bits per heavy atom. The summed E-state index contributed by atoms with van der Waals surface area (Å²) in [7, 11) is 1.83. The molecule has 1 fully saturated rings. The van der Waals surface area contributed by atoms with Crippen LogP contribution < -0.4 is 0 Å². The van der Waals surface area contributed by atoms with Gasteiger partial charge >= 0.3 is 0 Å². The quantitative estimate of drug-likeness (QED) is 0.693. The molecular weight excluding hydrogens is 174 g/mol. The van der Waals surface area contributed by atoms with Crippen LogP contribution in [0.15, 0.2) is 0 Å². The molecule has 0 amide bonds. The van der Waals surface area contributed by atoms with Gasteiger partial charge in [0.05, 0.1) is 6.10 Å². The molecule has 2 heteroatoms. The average molecular weight is 199 g/mol. The molecule has 0 aromatic heterocycles. The fraction of sp³-hybridized carbons (Fsp3) is 1.00. The lowest BCUT2D eigenvalue weighted by molar-refractivity contribution is 0.0124. The first kappa shape index (κ1) is 12.0. The molecule has 0 N–H and O–H groups in total. The monoisotopic (exact) mass is 199 g/mol. The Labute approximate surface area is 88.6 Å². The summed E-state index contributed by atoms with van der Waals surface area (Å²) in [5.41, 5.74) is 0. The first-order valence-electron chi connectivity index (χ1n) is 5.99. The Hall–Kier alpha value is -0.0800. The van der Waals surface area contributed by atoms with Crippen molar-refractivity contribution < 1.29 is 4.74 Å². The molecule has 2 nitrogen and oxygen atoms in total. The molecule has 1 rings (SSSR count). The molecule has 1 aliphatic rings. The van der Waals surface area contributed by atoms with E-state index in [1.165, 1.54) is 25.7 Å². The van der Waals surface area contributed by atoms with Crippen molar-refractivity contribution in [3.63, 3.8) is 0 Å². The molecule has 1 aliphatic heterocycles. The van der Waals surface area contributed by atoms with Crippen LogP contribution >= 0.6 is 0 Å². The topological polar surface area (TPSA) is 12.5 Å². The van der Waals surface area contributed by atoms with Crippen molar-refractivity contribution in [3.05, 3.63) is 0 Å². The Morgan fingerprint density at radius 2 is 2.00 bits per heavy atom. The summed E-state index contributed by atoms with van der Waals surface area (Å²) in [6.07, 6.45) is 5.76. The van der Waals surface area contributed by atoms with E-state index in [1.807, 2.05) is 7.11 Å². The minimum Gasteiger partial charge on any atom is -0.380 e. The highest BCUT2D eigenvalue weighted by Gasteiger charge is 2.28. The van der Waals surface area contributed by atoms with Gasteiger partial charge in [0.2, 0.25) is 0 Å². The smallest absolute Gasteiger partial charge is 0.0698 e. The van der Waals surface area contributed by atoms with Crippen LogP contribution in [0.5, 0.6) is 0 Å². The molecule has 1 heterocycles. The molecule has 0 aromatic carbocycles. The number of rotatable bonds is 3. The van der Waals surface area contributed by atoms with Gasteiger partial charge in [-0.2, -0.15) is 0 Å². The Kier molecular flexibility index (Phi) is 4.90. The van der Waals surface area contributed by atoms with Gasteiger partial charge in [0.1, 0.15) is 0 Å². The van der Waals surface area contributed by atoms with Crippen molar-refractivity contribution >= 4 is 0 Å². The van der Waals surface area contributed by atoms with Crippen molar-refractivity contribution in [2.45, 2.75) is 64.6 Å². The number of ether oxygens (including phenoxy) is 1. The SMILES string of the molecule is CCN1C(C)CCCCC1C(C)OC. The van der Waals surface area contributed by atoms with E-state index in [0.717, 1.165) is 12.6 Å². The van der Waals surface area contributed by atoms with Crippen molar-refractivity contribution in [3.8, 4) is 0 Å². The molecule has 1 saturated heterocycles. The van der Waals surface area contributed by atoms with E-state index in [-0.39, 0.29) is 0 Å². The minimum atomic E-state index is 0.371. The minimum absolute atomic E-state index is 0.371. The van der Waals surface area contributed by atoms with E-state index >= 15 is 0 Å². The summed E-state index contributed by atoms with van der Waals surface area (Å²) < 4.78 is 5.48. The van der Waals surface area contributed by atoms with Crippen LogP contribution in [0.1, 0.15) is 46.5 Å². The van der Waals surface area contributed by atoms with Gasteiger partial charge in [-0.05, 0) is 33.2 Å². The first-order chi connectivity index (χ1) is 6.70. The van der Waals surface area contributed by atoms with Crippen molar-refractivity contribution in [1.29, 1.82) is 0 Å². The van der Waals surface area contributed by atoms with Crippen molar-refractivity contribution in [2.75, 3.05) is 13.7 Å². The van der Waals surface area contributed by atoms with E-state index in [1.54, 1.807) is 0 Å². The third kappa shape index (κ3) is 2.71. The standard InChI is InChI=1S/C12H25NO/c1-5-13-10(2)8-6-7-9-12(13)11(3)14-4/h10-12H,5-9H2,1-4H3. The van der Waals surface area contributed by atoms with Gasteiger partial charge in [0.25, 0.3) is 0 Å². The van der Waals surface area contributed by atoms with E-state index in [9.17, 15) is 0 Å². The molecule has 3 atom stereocenters. The average Bonchev–Trinajstić information content (AvgIpc) is 2.38. The summed E-state index contributed by atoms with van der Waals surface area (Å²) >= 11 is 0. The maximum absolute atomic E-state index is 5.48. The van der Waals surface area contributed by atoms with Crippen LogP contribution in [0.4, 0.5) is 0 Å². The normalized spacial score (nSPS) is 32.6. The predicted octanol–water partition coefficient (Wildman–Crippen LogP) is 2.67. The summed E-state index contributed by atoms with van der Waals surface area (Å²) in [5, 5.41) is 0. The Bertz CT molecular complexity index is 160. The zero-order valence-electron chi connectivity index (χ0n) is 10.1. The fourth-order valence-corrected chi connectivity index (χ4v) is 2.66. The first-order valence-corrected chi connectivity index (χ1v) is 5.99. The lowest BCUT2D eigenvalue weighted by Gasteiger charge is -2.36. The highest BCUT2D eigenvalue weighted by atomic mass is 16.5. The van der Waals surface area contributed by atoms with Crippen LogP contribution in [0.2, 0.25) is 0 Å². The molecule has 84 valence electrons. The zero-order chi connectivity index (χ0) is 10.6. The Balaban J connectivity index is 2.66. The van der Waals surface area contributed by atoms with Crippen molar-refractivity contribution in [2.24, 2.45) is 0 Å². The molecule has 3 unspecified atom stereocenters. The highest BCUT2D eigenvalue weighted by Crippen LogP contribution is 2.24. The number of likely N-dealkylation sites (tertiary alicyclic amines) is 1. The molecule has 0 saturated carbocycles. The molecule has 0 aliphatic carbocycles. The van der Waals surface area contributed by atoms with Gasteiger partial charge in [-0.1, -0.05) is 19.8 Å². The van der Waals surface area contributed by atoms with Gasteiger partial charge in [0.15, 0.2) is 0 Å². The van der Waals surface area contributed by atoms with E-state index in [2.05, 4.69) is 25.7 Å². The Morgan fingerprint density at radius 3 is 2.57 bits per heavy atom. The van der Waals surface area contributed by atoms with Gasteiger partial charge in [-0.3, -0.25) is 4.90 Å². The fourth-order valence-electron chi connectivity index (χ4n) is 2.66. The second-order valence-corrected chi connectivity index (χ2v) is 4.47. The number of nitrogens with zero attached hydrogens (tertiary/aromatic N) is 1. The second-order valence-electron chi connectivity index (χ2n) is 4.47. The summed E-state index contributed by atoms with van der Waals surface area (Å²) in [6, 6.07) is 1.35. The molecule has 0 spiro atoms. The van der Waals surface area contributed by atoms with E-state index < -0.39 is 0 Å². The van der Waals surface area contributed by atoms with Gasteiger partial charge in [0, 0.05) is 19.2 Å². The van der Waals surface area contributed by atoms with E-state index in [4.69, 9.17) is 4.74 Å². The molecular formula is C12H25NO. The summed E-state index contributed by atoms with van der Waals surface area (Å²) in [4.78, 5) is 2.61. The van der Waals surface area contributed by atoms with Crippen LogP contribution in [-0.4, -0.2) is 36.7 Å². The number of methoxy groups -OCH3 is 1. The molecule has 0 radical (unpaired) electrons. The number of hydrogen-bond acceptors (Lipinski definition) is 2. The zero-order valence-corrected chi connectivity index (χ0v) is 10.1. The molecule has 14 heavy (non-hydrogen) atoms. The third-order valence-corrected chi connectivity index (χ3v) is 3.64. The van der Waals surface area contributed by atoms with Crippen molar-refractivity contribution in [1.82, 2.24) is 4.90 Å². The van der Waals surface area contributed by atoms with Crippen LogP contribution in [-0.2, 0) is 4.74 Å². The third-order valence-electron chi connectivity index (χ3n) is 3.64. The number of hydrogen-bond donors (Lipinski definition) is 0. The van der Waals surface area contributed by atoms with Gasteiger partial charge < -0.3 is 4.74 Å².